The third-order valence-electron chi connectivity index (χ3n) is 3.39. The molecule has 2 aromatic rings. The molecule has 2 aromatic carbocycles. The molecule has 1 atom stereocenters. The van der Waals surface area contributed by atoms with Crippen LogP contribution in [0.25, 0.3) is 0 Å². The lowest BCUT2D eigenvalue weighted by atomic mass is 9.77. The molecule has 1 unspecified atom stereocenters. The van der Waals surface area contributed by atoms with Crippen LogP contribution in [0.15, 0.2) is 54.6 Å². The largest absolute Gasteiger partial charge is 0.388 e. The van der Waals surface area contributed by atoms with Crippen LogP contribution in [0, 0.1) is 5.82 Å². The van der Waals surface area contributed by atoms with Crippen molar-refractivity contribution in [1.82, 2.24) is 0 Å². The molecule has 0 aliphatic rings. The van der Waals surface area contributed by atoms with Crippen LogP contribution in [0.5, 0.6) is 0 Å². The zero-order valence-corrected chi connectivity index (χ0v) is 10.6. The Morgan fingerprint density at radius 3 is 2.06 bits per heavy atom. The molecule has 0 heterocycles. The van der Waals surface area contributed by atoms with Crippen molar-refractivity contribution in [2.75, 3.05) is 0 Å². The Bertz CT molecular complexity index is 502. The third-order valence-corrected chi connectivity index (χ3v) is 3.39. The van der Waals surface area contributed by atoms with Crippen molar-refractivity contribution in [2.45, 2.75) is 25.4 Å². The van der Waals surface area contributed by atoms with Gasteiger partial charge in [-0.3, -0.25) is 0 Å². The van der Waals surface area contributed by atoms with Crippen LogP contribution in [0.2, 0.25) is 0 Å². The zero-order chi connectivity index (χ0) is 13.2. The van der Waals surface area contributed by atoms with Gasteiger partial charge in [-0.05, 0) is 23.3 Å². The van der Waals surface area contributed by atoms with Crippen LogP contribution in [-0.2, 0) is 5.41 Å². The summed E-state index contributed by atoms with van der Waals surface area (Å²) in [5.74, 6) is -0.288. The Balaban J connectivity index is 2.32. The number of hydrogen-bond acceptors (Lipinski definition) is 1. The lowest BCUT2D eigenvalue weighted by molar-refractivity contribution is 0.100. The molecule has 0 amide bonds. The lowest BCUT2D eigenvalue weighted by Crippen LogP contribution is -2.26. The standard InChI is InChI=1S/C16H17FO/c1-16(2,13-6-4-3-5-7-13)15(18)12-8-10-14(17)11-9-12/h3-11,15,18H,1-2H3. The fraction of sp³-hybridized carbons (Fsp3) is 0.250. The molecule has 0 bridgehead atoms. The maximum atomic E-state index is 12.9. The first kappa shape index (κ1) is 12.8. The van der Waals surface area contributed by atoms with Gasteiger partial charge in [-0.2, -0.15) is 0 Å². The summed E-state index contributed by atoms with van der Waals surface area (Å²) in [6, 6.07) is 15.8. The SMILES string of the molecule is CC(C)(c1ccccc1)C(O)c1ccc(F)cc1. The maximum Gasteiger partial charge on any atom is 0.123 e. The number of aliphatic hydroxyl groups is 1. The van der Waals surface area contributed by atoms with Gasteiger partial charge in [0.05, 0.1) is 6.10 Å². The first-order valence-electron chi connectivity index (χ1n) is 6.01. The summed E-state index contributed by atoms with van der Waals surface area (Å²) >= 11 is 0. The molecule has 94 valence electrons. The highest BCUT2D eigenvalue weighted by Gasteiger charge is 2.30. The van der Waals surface area contributed by atoms with Crippen LogP contribution in [0.4, 0.5) is 4.39 Å². The van der Waals surface area contributed by atoms with Gasteiger partial charge in [0.15, 0.2) is 0 Å². The van der Waals surface area contributed by atoms with Gasteiger partial charge in [0, 0.05) is 5.41 Å². The smallest absolute Gasteiger partial charge is 0.123 e. The van der Waals surface area contributed by atoms with E-state index in [-0.39, 0.29) is 5.82 Å². The van der Waals surface area contributed by atoms with Gasteiger partial charge < -0.3 is 5.11 Å². The van der Waals surface area contributed by atoms with E-state index in [1.165, 1.54) is 12.1 Å². The fourth-order valence-electron chi connectivity index (χ4n) is 2.09. The summed E-state index contributed by atoms with van der Waals surface area (Å²) in [5.41, 5.74) is 1.37. The third kappa shape index (κ3) is 2.44. The molecule has 0 fully saturated rings. The van der Waals surface area contributed by atoms with Crippen molar-refractivity contribution in [3.05, 3.63) is 71.5 Å². The van der Waals surface area contributed by atoms with Crippen molar-refractivity contribution in [1.29, 1.82) is 0 Å². The van der Waals surface area contributed by atoms with Crippen molar-refractivity contribution in [2.24, 2.45) is 0 Å². The Labute approximate surface area is 107 Å². The van der Waals surface area contributed by atoms with Gasteiger partial charge in [-0.15, -0.1) is 0 Å². The van der Waals surface area contributed by atoms with E-state index in [2.05, 4.69) is 0 Å². The summed E-state index contributed by atoms with van der Waals surface area (Å²) in [5, 5.41) is 10.5. The quantitative estimate of drug-likeness (QED) is 0.869. The minimum atomic E-state index is -0.666. The second-order valence-electron chi connectivity index (χ2n) is 5.04. The molecular formula is C16H17FO. The van der Waals surface area contributed by atoms with Crippen molar-refractivity contribution >= 4 is 0 Å². The summed E-state index contributed by atoms with van der Waals surface area (Å²) in [4.78, 5) is 0. The van der Waals surface area contributed by atoms with Gasteiger partial charge in [-0.1, -0.05) is 56.3 Å². The number of rotatable bonds is 3. The molecule has 18 heavy (non-hydrogen) atoms. The summed E-state index contributed by atoms with van der Waals surface area (Å²) in [6.45, 7) is 3.96. The normalized spacial score (nSPS) is 13.3. The van der Waals surface area contributed by atoms with Crippen molar-refractivity contribution in [3.63, 3.8) is 0 Å². The van der Waals surface area contributed by atoms with E-state index in [1.54, 1.807) is 12.1 Å². The van der Waals surface area contributed by atoms with Gasteiger partial charge >= 0.3 is 0 Å². The molecule has 0 radical (unpaired) electrons. The Morgan fingerprint density at radius 2 is 1.50 bits per heavy atom. The summed E-state index contributed by atoms with van der Waals surface area (Å²) in [6.07, 6.45) is -0.666. The first-order valence-corrected chi connectivity index (χ1v) is 6.01. The Morgan fingerprint density at radius 1 is 0.944 bits per heavy atom. The van der Waals surface area contributed by atoms with E-state index in [1.807, 2.05) is 44.2 Å². The van der Waals surface area contributed by atoms with Gasteiger partial charge in [-0.25, -0.2) is 4.39 Å². The van der Waals surface area contributed by atoms with Gasteiger partial charge in [0.2, 0.25) is 0 Å². The van der Waals surface area contributed by atoms with Gasteiger partial charge in [0.25, 0.3) is 0 Å². The molecular weight excluding hydrogens is 227 g/mol. The van der Waals surface area contributed by atoms with E-state index in [9.17, 15) is 9.50 Å². The molecule has 2 heteroatoms. The minimum Gasteiger partial charge on any atom is -0.388 e. The van der Waals surface area contributed by atoms with E-state index in [4.69, 9.17) is 0 Å². The minimum absolute atomic E-state index is 0.288. The molecule has 0 spiro atoms. The zero-order valence-electron chi connectivity index (χ0n) is 10.6. The average Bonchev–Trinajstić information content (AvgIpc) is 2.40. The summed E-state index contributed by atoms with van der Waals surface area (Å²) in [7, 11) is 0. The first-order chi connectivity index (χ1) is 8.51. The summed E-state index contributed by atoms with van der Waals surface area (Å²) < 4.78 is 12.9. The molecule has 0 aromatic heterocycles. The molecule has 0 saturated carbocycles. The second kappa shape index (κ2) is 4.91. The predicted octanol–water partition coefficient (Wildman–Crippen LogP) is 3.84. The lowest BCUT2D eigenvalue weighted by Gasteiger charge is -2.31. The molecule has 0 aliphatic heterocycles. The van der Waals surface area contributed by atoms with E-state index in [0.29, 0.717) is 0 Å². The number of benzene rings is 2. The molecule has 0 saturated heterocycles. The predicted molar refractivity (Wildman–Crippen MR) is 70.8 cm³/mol. The molecule has 1 N–H and O–H groups in total. The van der Waals surface area contributed by atoms with Crippen molar-refractivity contribution in [3.8, 4) is 0 Å². The molecule has 2 rings (SSSR count). The number of aliphatic hydroxyl groups excluding tert-OH is 1. The maximum absolute atomic E-state index is 12.9. The van der Waals surface area contributed by atoms with Crippen LogP contribution < -0.4 is 0 Å². The van der Waals surface area contributed by atoms with E-state index in [0.717, 1.165) is 11.1 Å². The second-order valence-corrected chi connectivity index (χ2v) is 5.04. The Kier molecular flexibility index (Phi) is 3.48. The van der Waals surface area contributed by atoms with Crippen molar-refractivity contribution < 1.29 is 9.50 Å². The highest BCUT2D eigenvalue weighted by Crippen LogP contribution is 2.36. The Hall–Kier alpha value is -1.67. The average molecular weight is 244 g/mol. The highest BCUT2D eigenvalue weighted by atomic mass is 19.1. The highest BCUT2D eigenvalue weighted by molar-refractivity contribution is 5.30. The van der Waals surface area contributed by atoms with Crippen LogP contribution >= 0.6 is 0 Å². The van der Waals surface area contributed by atoms with Crippen LogP contribution in [0.1, 0.15) is 31.1 Å². The number of halogens is 1. The topological polar surface area (TPSA) is 20.2 Å². The fourth-order valence-corrected chi connectivity index (χ4v) is 2.09. The number of hydrogen-bond donors (Lipinski definition) is 1. The molecule has 0 aliphatic carbocycles. The van der Waals surface area contributed by atoms with Crippen LogP contribution in [-0.4, -0.2) is 5.11 Å². The molecule has 1 nitrogen and oxygen atoms in total. The van der Waals surface area contributed by atoms with Gasteiger partial charge in [0.1, 0.15) is 5.82 Å². The van der Waals surface area contributed by atoms with Crippen LogP contribution in [0.3, 0.4) is 0 Å². The monoisotopic (exact) mass is 244 g/mol. The van der Waals surface area contributed by atoms with E-state index >= 15 is 0 Å². The van der Waals surface area contributed by atoms with E-state index < -0.39 is 11.5 Å².